The maximum atomic E-state index is 11.9. The molecule has 6 nitrogen and oxygen atoms in total. The second kappa shape index (κ2) is 5.58. The summed E-state index contributed by atoms with van der Waals surface area (Å²) in [7, 11) is 0. The van der Waals surface area contributed by atoms with Crippen LogP contribution in [0.25, 0.3) is 0 Å². The predicted molar refractivity (Wildman–Crippen MR) is 72.3 cm³/mol. The first-order chi connectivity index (χ1) is 9.47. The van der Waals surface area contributed by atoms with Gasteiger partial charge in [0.15, 0.2) is 0 Å². The van der Waals surface area contributed by atoms with Gasteiger partial charge in [0, 0.05) is 16.9 Å². The summed E-state index contributed by atoms with van der Waals surface area (Å²) in [4.78, 5) is 26.5. The Morgan fingerprint density at radius 1 is 1.25 bits per heavy atom. The lowest BCUT2D eigenvalue weighted by Gasteiger charge is -2.08. The summed E-state index contributed by atoms with van der Waals surface area (Å²) in [6, 6.07) is 5.28. The van der Waals surface area contributed by atoms with Crippen LogP contribution in [0.1, 0.15) is 20.7 Å². The highest BCUT2D eigenvalue weighted by Gasteiger charge is 2.13. The Balaban J connectivity index is 2.28. The number of hydrogen-bond acceptors (Lipinski definition) is 4. The lowest BCUT2D eigenvalue weighted by atomic mass is 10.2. The zero-order chi connectivity index (χ0) is 14.7. The van der Waals surface area contributed by atoms with E-state index < -0.39 is 11.9 Å². The number of hydrogen-bond donors (Lipinski definition) is 3. The molecule has 1 aromatic heterocycles. The summed E-state index contributed by atoms with van der Waals surface area (Å²) >= 11 is 5.78. The first kappa shape index (κ1) is 13.8. The van der Waals surface area contributed by atoms with E-state index in [2.05, 4.69) is 10.3 Å². The lowest BCUT2D eigenvalue weighted by Crippen LogP contribution is -2.12. The average molecular weight is 293 g/mol. The molecule has 7 heteroatoms. The van der Waals surface area contributed by atoms with Crippen LogP contribution in [0.3, 0.4) is 0 Å². The van der Waals surface area contributed by atoms with Gasteiger partial charge in [0.2, 0.25) is 0 Å². The topological polar surface area (TPSA) is 99.5 Å². The number of carboxylic acids is 1. The third kappa shape index (κ3) is 3.04. The molecule has 1 amide bonds. The van der Waals surface area contributed by atoms with E-state index >= 15 is 0 Å². The van der Waals surface area contributed by atoms with Gasteiger partial charge in [-0.15, -0.1) is 0 Å². The number of nitrogens with one attached hydrogen (secondary N) is 1. The molecule has 0 saturated carbocycles. The van der Waals surface area contributed by atoms with Crippen molar-refractivity contribution in [2.75, 3.05) is 5.32 Å². The summed E-state index contributed by atoms with van der Waals surface area (Å²) in [5, 5.41) is 21.1. The number of pyridine rings is 1. The summed E-state index contributed by atoms with van der Waals surface area (Å²) < 4.78 is 0. The molecule has 0 bridgehead atoms. The van der Waals surface area contributed by atoms with E-state index in [0.29, 0.717) is 0 Å². The molecule has 0 saturated heterocycles. The molecule has 20 heavy (non-hydrogen) atoms. The third-order valence-electron chi connectivity index (χ3n) is 2.45. The first-order valence-corrected chi connectivity index (χ1v) is 5.83. The Morgan fingerprint density at radius 3 is 2.65 bits per heavy atom. The van der Waals surface area contributed by atoms with Crippen molar-refractivity contribution in [1.82, 2.24) is 4.98 Å². The number of carbonyl (C=O) groups is 2. The van der Waals surface area contributed by atoms with Crippen LogP contribution >= 0.6 is 11.6 Å². The molecule has 2 rings (SSSR count). The van der Waals surface area contributed by atoms with Gasteiger partial charge < -0.3 is 15.5 Å². The molecule has 0 unspecified atom stereocenters. The molecule has 3 N–H and O–H groups in total. The second-order valence-corrected chi connectivity index (χ2v) is 4.32. The number of carboxylic acid groups (broad SMARTS) is 1. The molecule has 1 aromatic carbocycles. The van der Waals surface area contributed by atoms with Crippen molar-refractivity contribution in [3.8, 4) is 5.75 Å². The predicted octanol–water partition coefficient (Wildman–Crippen LogP) is 2.39. The van der Waals surface area contributed by atoms with Gasteiger partial charge in [0.05, 0.1) is 17.3 Å². The highest BCUT2D eigenvalue weighted by Crippen LogP contribution is 2.21. The molecule has 0 aliphatic carbocycles. The summed E-state index contributed by atoms with van der Waals surface area (Å²) in [6.07, 6.45) is 2.49. The largest absolute Gasteiger partial charge is 0.505 e. The van der Waals surface area contributed by atoms with Crippen LogP contribution in [-0.4, -0.2) is 27.1 Å². The molecular weight excluding hydrogens is 284 g/mol. The van der Waals surface area contributed by atoms with E-state index in [1.807, 2.05) is 0 Å². The average Bonchev–Trinajstić information content (AvgIpc) is 2.38. The van der Waals surface area contributed by atoms with Gasteiger partial charge in [-0.2, -0.15) is 0 Å². The number of amides is 1. The molecule has 0 atom stereocenters. The standard InChI is InChI=1S/C13H9ClN2O4/c14-8-3-7(13(19)20)4-9(5-8)16-12(18)10-1-2-15-6-11(10)17/h1-6,17H,(H,16,18)(H,19,20). The fourth-order valence-electron chi connectivity index (χ4n) is 1.56. The minimum absolute atomic E-state index is 0.0249. The van der Waals surface area contributed by atoms with Gasteiger partial charge in [-0.3, -0.25) is 9.78 Å². The number of anilines is 1. The molecule has 102 valence electrons. The molecule has 0 radical (unpaired) electrons. The number of aromatic carboxylic acids is 1. The zero-order valence-electron chi connectivity index (χ0n) is 10.0. The van der Waals surface area contributed by atoms with Crippen LogP contribution < -0.4 is 5.32 Å². The monoisotopic (exact) mass is 292 g/mol. The van der Waals surface area contributed by atoms with Crippen LogP contribution in [0.15, 0.2) is 36.7 Å². The smallest absolute Gasteiger partial charge is 0.335 e. The van der Waals surface area contributed by atoms with Crippen LogP contribution in [0.2, 0.25) is 5.02 Å². The van der Waals surface area contributed by atoms with Gasteiger partial charge in [0.25, 0.3) is 5.91 Å². The summed E-state index contributed by atoms with van der Waals surface area (Å²) in [5.41, 5.74) is 0.194. The molecule has 0 aliphatic rings. The molecule has 0 spiro atoms. The highest BCUT2D eigenvalue weighted by molar-refractivity contribution is 6.31. The van der Waals surface area contributed by atoms with Gasteiger partial charge in [0.1, 0.15) is 5.75 Å². The zero-order valence-corrected chi connectivity index (χ0v) is 10.8. The molecule has 0 fully saturated rings. The van der Waals surface area contributed by atoms with E-state index in [9.17, 15) is 14.7 Å². The first-order valence-electron chi connectivity index (χ1n) is 5.45. The third-order valence-corrected chi connectivity index (χ3v) is 2.67. The van der Waals surface area contributed by atoms with Crippen molar-refractivity contribution in [3.63, 3.8) is 0 Å². The van der Waals surface area contributed by atoms with Crippen molar-refractivity contribution in [3.05, 3.63) is 52.8 Å². The van der Waals surface area contributed by atoms with Crippen LogP contribution in [-0.2, 0) is 0 Å². The van der Waals surface area contributed by atoms with Gasteiger partial charge in [-0.05, 0) is 24.3 Å². The number of aromatic hydroxyl groups is 1. The van der Waals surface area contributed by atoms with Crippen LogP contribution in [0.5, 0.6) is 5.75 Å². The minimum Gasteiger partial charge on any atom is -0.505 e. The van der Waals surface area contributed by atoms with E-state index in [1.54, 1.807) is 0 Å². The number of benzene rings is 1. The Morgan fingerprint density at radius 2 is 2.00 bits per heavy atom. The Kier molecular flexibility index (Phi) is 3.86. The van der Waals surface area contributed by atoms with E-state index in [4.69, 9.17) is 16.7 Å². The minimum atomic E-state index is -1.16. The van der Waals surface area contributed by atoms with Gasteiger partial charge >= 0.3 is 5.97 Å². The van der Waals surface area contributed by atoms with Gasteiger partial charge in [-0.25, -0.2) is 4.79 Å². The highest BCUT2D eigenvalue weighted by atomic mass is 35.5. The maximum absolute atomic E-state index is 11.9. The molecular formula is C13H9ClN2O4. The van der Waals surface area contributed by atoms with Crippen LogP contribution in [0.4, 0.5) is 5.69 Å². The molecule has 2 aromatic rings. The molecule has 1 heterocycles. The number of carbonyl (C=O) groups excluding carboxylic acids is 1. The Hall–Kier alpha value is -2.60. The SMILES string of the molecule is O=C(O)c1cc(Cl)cc(NC(=O)c2ccncc2O)c1. The number of nitrogens with zero attached hydrogens (tertiary/aromatic N) is 1. The fourth-order valence-corrected chi connectivity index (χ4v) is 1.80. The van der Waals surface area contributed by atoms with Crippen LogP contribution in [0, 0.1) is 0 Å². The second-order valence-electron chi connectivity index (χ2n) is 3.88. The Bertz CT molecular complexity index is 688. The maximum Gasteiger partial charge on any atom is 0.335 e. The number of aromatic nitrogens is 1. The normalized spacial score (nSPS) is 10.1. The van der Waals surface area contributed by atoms with Crippen molar-refractivity contribution in [2.45, 2.75) is 0 Å². The van der Waals surface area contributed by atoms with E-state index in [-0.39, 0.29) is 27.6 Å². The number of rotatable bonds is 3. The van der Waals surface area contributed by atoms with Crippen molar-refractivity contribution in [2.24, 2.45) is 0 Å². The summed E-state index contributed by atoms with van der Waals surface area (Å²) in [6.45, 7) is 0. The Labute approximate surface area is 118 Å². The van der Waals surface area contributed by atoms with Crippen molar-refractivity contribution >= 4 is 29.2 Å². The van der Waals surface area contributed by atoms with E-state index in [0.717, 1.165) is 6.20 Å². The van der Waals surface area contributed by atoms with Crippen molar-refractivity contribution in [1.29, 1.82) is 0 Å². The van der Waals surface area contributed by atoms with E-state index in [1.165, 1.54) is 30.5 Å². The summed E-state index contributed by atoms with van der Waals surface area (Å²) in [5.74, 6) is -2.02. The lowest BCUT2D eigenvalue weighted by molar-refractivity contribution is 0.0696. The quantitative estimate of drug-likeness (QED) is 0.806. The van der Waals surface area contributed by atoms with Crippen molar-refractivity contribution < 1.29 is 19.8 Å². The van der Waals surface area contributed by atoms with Gasteiger partial charge in [-0.1, -0.05) is 11.6 Å². The number of halogens is 1. The molecule has 0 aliphatic heterocycles. The fraction of sp³-hybridized carbons (Fsp3) is 0.